The fraction of sp³-hybridized carbons (Fsp3) is 0.481. The first-order valence-corrected chi connectivity index (χ1v) is 12.6. The van der Waals surface area contributed by atoms with Crippen molar-refractivity contribution < 1.29 is 23.5 Å². The highest BCUT2D eigenvalue weighted by molar-refractivity contribution is 6.09. The van der Waals surface area contributed by atoms with Gasteiger partial charge in [0, 0.05) is 31.4 Å². The highest BCUT2D eigenvalue weighted by Gasteiger charge is 2.34. The van der Waals surface area contributed by atoms with Gasteiger partial charge in [0.1, 0.15) is 35.7 Å². The molecule has 2 aromatic heterocycles. The zero-order valence-corrected chi connectivity index (χ0v) is 21.6. The lowest BCUT2D eigenvalue weighted by Crippen LogP contribution is -2.40. The lowest BCUT2D eigenvalue weighted by Gasteiger charge is -2.20. The Morgan fingerprint density at radius 2 is 2.03 bits per heavy atom. The zero-order valence-electron chi connectivity index (χ0n) is 21.6. The number of likely N-dealkylation sites (tertiary alicyclic amines) is 1. The summed E-state index contributed by atoms with van der Waals surface area (Å²) in [4.78, 5) is 39.4. The van der Waals surface area contributed by atoms with Crippen LogP contribution in [0.25, 0.3) is 22.3 Å². The number of benzene rings is 1. The van der Waals surface area contributed by atoms with Crippen molar-refractivity contribution in [3.8, 4) is 17.0 Å². The van der Waals surface area contributed by atoms with E-state index in [0.29, 0.717) is 64.8 Å². The summed E-state index contributed by atoms with van der Waals surface area (Å²) in [6, 6.07) is 3.25. The van der Waals surface area contributed by atoms with Gasteiger partial charge in [-0.25, -0.2) is 14.4 Å². The number of halogens is 1. The van der Waals surface area contributed by atoms with Gasteiger partial charge in [0.15, 0.2) is 0 Å². The first kappa shape index (κ1) is 25.1. The summed E-state index contributed by atoms with van der Waals surface area (Å²) in [5.74, 6) is 0.111. The average Bonchev–Trinajstić information content (AvgIpc) is 3.52. The molecule has 2 aliphatic rings. The van der Waals surface area contributed by atoms with Crippen molar-refractivity contribution in [1.82, 2.24) is 25.2 Å². The highest BCUT2D eigenvalue weighted by Crippen LogP contribution is 2.39. The lowest BCUT2D eigenvalue weighted by molar-refractivity contribution is -0.135. The summed E-state index contributed by atoms with van der Waals surface area (Å²) in [5, 5.41) is 3.05. The summed E-state index contributed by atoms with van der Waals surface area (Å²) >= 11 is 0. The van der Waals surface area contributed by atoms with E-state index in [0.717, 1.165) is 12.8 Å². The molecule has 0 bridgehead atoms. The Hall–Kier alpha value is -3.53. The summed E-state index contributed by atoms with van der Waals surface area (Å²) < 4.78 is 26.4. The number of ether oxygens (including phenoxy) is 2. The minimum atomic E-state index is -0.410. The number of nitrogens with one attached hydrogen (secondary N) is 2. The quantitative estimate of drug-likeness (QED) is 0.481. The number of aromatic nitrogens is 3. The van der Waals surface area contributed by atoms with Crippen LogP contribution in [0.5, 0.6) is 5.75 Å². The van der Waals surface area contributed by atoms with Gasteiger partial charge in [-0.2, -0.15) is 0 Å². The Labute approximate surface area is 214 Å². The van der Waals surface area contributed by atoms with Crippen LogP contribution >= 0.6 is 0 Å². The van der Waals surface area contributed by atoms with E-state index in [4.69, 9.17) is 9.47 Å². The van der Waals surface area contributed by atoms with E-state index in [2.05, 4.69) is 20.3 Å². The summed E-state index contributed by atoms with van der Waals surface area (Å²) in [6.07, 6.45) is 4.22. The van der Waals surface area contributed by atoms with Crippen molar-refractivity contribution in [1.29, 1.82) is 0 Å². The SMILES string of the molecule is COCC(=O)N1C[C@@H](NC(=O)c2c(C)[nH]c3c(-c4c(OCC5CC5)ccc(C)c4F)ncnc23)C[C@H]1C. The molecule has 2 amide bonds. The van der Waals surface area contributed by atoms with Crippen LogP contribution in [0.15, 0.2) is 18.5 Å². The second-order valence-corrected chi connectivity index (χ2v) is 10.1. The largest absolute Gasteiger partial charge is 0.492 e. The van der Waals surface area contributed by atoms with E-state index >= 15 is 4.39 Å². The number of hydrogen-bond acceptors (Lipinski definition) is 6. The Kier molecular flexibility index (Phi) is 6.85. The van der Waals surface area contributed by atoms with Crippen LogP contribution in [-0.4, -0.2) is 70.6 Å². The molecule has 196 valence electrons. The monoisotopic (exact) mass is 509 g/mol. The first-order valence-electron chi connectivity index (χ1n) is 12.6. The van der Waals surface area contributed by atoms with Crippen molar-refractivity contribution in [3.05, 3.63) is 41.1 Å². The molecule has 2 fully saturated rings. The van der Waals surface area contributed by atoms with Gasteiger partial charge in [0.25, 0.3) is 5.91 Å². The van der Waals surface area contributed by atoms with Crippen LogP contribution in [-0.2, 0) is 9.53 Å². The van der Waals surface area contributed by atoms with Crippen LogP contribution in [0.1, 0.15) is 47.8 Å². The van der Waals surface area contributed by atoms with Gasteiger partial charge >= 0.3 is 0 Å². The number of carbonyl (C=O) groups is 2. The number of aromatic amines is 1. The van der Waals surface area contributed by atoms with Gasteiger partial charge in [0.05, 0.1) is 23.3 Å². The van der Waals surface area contributed by atoms with Gasteiger partial charge in [-0.3, -0.25) is 9.59 Å². The van der Waals surface area contributed by atoms with Crippen molar-refractivity contribution in [2.75, 3.05) is 26.9 Å². The van der Waals surface area contributed by atoms with E-state index in [1.807, 2.05) is 6.92 Å². The maximum absolute atomic E-state index is 15.5. The number of amides is 2. The minimum absolute atomic E-state index is 0.00807. The molecule has 1 saturated carbocycles. The van der Waals surface area contributed by atoms with Crippen molar-refractivity contribution >= 4 is 22.8 Å². The summed E-state index contributed by atoms with van der Waals surface area (Å²) in [5.41, 5.74) is 2.95. The Bertz CT molecular complexity index is 1350. The highest BCUT2D eigenvalue weighted by atomic mass is 19.1. The third kappa shape index (κ3) is 4.90. The molecule has 1 aliphatic carbocycles. The molecule has 10 heteroatoms. The van der Waals surface area contributed by atoms with Crippen LogP contribution in [0.3, 0.4) is 0 Å². The van der Waals surface area contributed by atoms with Gasteiger partial charge in [-0.15, -0.1) is 0 Å². The standard InChI is InChI=1S/C27H32FN5O4/c1-14-5-8-19(37-11-17-6-7-17)22(23(14)28)25-26-24(29-13-30-25)21(16(3)31-26)27(35)32-18-9-15(2)33(10-18)20(34)12-36-4/h5,8,13,15,17-18,31H,6-7,9-12H2,1-4H3,(H,32,35)/t15-,18+/m1/s1. The first-order chi connectivity index (χ1) is 17.8. The number of H-pyrrole nitrogens is 1. The molecule has 0 spiro atoms. The zero-order chi connectivity index (χ0) is 26.3. The number of fused-ring (bicyclic) bond motifs is 1. The number of rotatable bonds is 8. The molecule has 1 aromatic carbocycles. The van der Waals surface area contributed by atoms with E-state index in [9.17, 15) is 9.59 Å². The van der Waals surface area contributed by atoms with E-state index < -0.39 is 5.82 Å². The molecule has 2 atom stereocenters. The molecule has 9 nitrogen and oxygen atoms in total. The third-order valence-electron chi connectivity index (χ3n) is 7.20. The lowest BCUT2D eigenvalue weighted by atomic mass is 10.0. The second kappa shape index (κ2) is 10.1. The molecule has 1 saturated heterocycles. The predicted octanol–water partition coefficient (Wildman–Crippen LogP) is 3.54. The fourth-order valence-corrected chi connectivity index (χ4v) is 5.03. The molecule has 5 rings (SSSR count). The van der Waals surface area contributed by atoms with Crippen LogP contribution < -0.4 is 10.1 Å². The Morgan fingerprint density at radius 3 is 2.76 bits per heavy atom. The maximum Gasteiger partial charge on any atom is 0.255 e. The van der Waals surface area contributed by atoms with Gasteiger partial charge < -0.3 is 24.7 Å². The number of hydrogen-bond donors (Lipinski definition) is 2. The predicted molar refractivity (Wildman–Crippen MR) is 136 cm³/mol. The van der Waals surface area contributed by atoms with Gasteiger partial charge in [-0.05, 0) is 57.6 Å². The van der Waals surface area contributed by atoms with Gasteiger partial charge in [0.2, 0.25) is 5.91 Å². The molecule has 0 unspecified atom stereocenters. The second-order valence-electron chi connectivity index (χ2n) is 10.1. The fourth-order valence-electron chi connectivity index (χ4n) is 5.03. The number of aryl methyl sites for hydroxylation is 2. The maximum atomic E-state index is 15.5. The van der Waals surface area contributed by atoms with Crippen LogP contribution in [0.2, 0.25) is 0 Å². The molecule has 0 radical (unpaired) electrons. The number of methoxy groups -OCH3 is 1. The minimum Gasteiger partial charge on any atom is -0.492 e. The normalized spacial score (nSPS) is 19.4. The van der Waals surface area contributed by atoms with Crippen molar-refractivity contribution in [3.63, 3.8) is 0 Å². The topological polar surface area (TPSA) is 109 Å². The number of nitrogens with zero attached hydrogens (tertiary/aromatic N) is 3. The van der Waals surface area contributed by atoms with Crippen molar-refractivity contribution in [2.24, 2.45) is 5.92 Å². The molecule has 3 heterocycles. The molecule has 1 aliphatic heterocycles. The van der Waals surface area contributed by atoms with E-state index in [1.54, 1.807) is 30.9 Å². The third-order valence-corrected chi connectivity index (χ3v) is 7.20. The molecular formula is C27H32FN5O4. The van der Waals surface area contributed by atoms with Crippen molar-refractivity contribution in [2.45, 2.75) is 52.1 Å². The molecule has 37 heavy (non-hydrogen) atoms. The summed E-state index contributed by atoms with van der Waals surface area (Å²) in [6.45, 7) is 6.38. The Balaban J connectivity index is 1.46. The number of carbonyl (C=O) groups excluding carboxylic acids is 2. The Morgan fingerprint density at radius 1 is 1.24 bits per heavy atom. The average molecular weight is 510 g/mol. The van der Waals surface area contributed by atoms with Crippen LogP contribution in [0, 0.1) is 25.6 Å². The molecule has 3 aromatic rings. The van der Waals surface area contributed by atoms with Gasteiger partial charge in [-0.1, -0.05) is 6.07 Å². The van der Waals surface area contributed by atoms with E-state index in [1.165, 1.54) is 13.4 Å². The molecule has 2 N–H and O–H groups in total. The van der Waals surface area contributed by atoms with E-state index in [-0.39, 0.29) is 36.1 Å². The molecular weight excluding hydrogens is 477 g/mol. The smallest absolute Gasteiger partial charge is 0.255 e. The van der Waals surface area contributed by atoms with Crippen LogP contribution in [0.4, 0.5) is 4.39 Å². The summed E-state index contributed by atoms with van der Waals surface area (Å²) in [7, 11) is 1.48.